The molecule has 0 saturated carbocycles. The molecule has 2 heterocycles. The lowest BCUT2D eigenvalue weighted by molar-refractivity contribution is 0.381. The second kappa shape index (κ2) is 6.45. The predicted octanol–water partition coefficient (Wildman–Crippen LogP) is 2.18. The van der Waals surface area contributed by atoms with Gasteiger partial charge >= 0.3 is 0 Å². The highest BCUT2D eigenvalue weighted by atomic mass is 32.2. The molecule has 0 bridgehead atoms. The van der Waals surface area contributed by atoms with Gasteiger partial charge in [-0.15, -0.1) is 0 Å². The summed E-state index contributed by atoms with van der Waals surface area (Å²) in [6, 6.07) is 8.16. The first-order valence-corrected chi connectivity index (χ1v) is 8.96. The van der Waals surface area contributed by atoms with E-state index in [2.05, 4.69) is 4.98 Å². The van der Waals surface area contributed by atoms with Crippen molar-refractivity contribution in [3.05, 3.63) is 53.7 Å². The van der Waals surface area contributed by atoms with Gasteiger partial charge in [-0.1, -0.05) is 6.07 Å². The van der Waals surface area contributed by atoms with Crippen LogP contribution in [-0.2, 0) is 10.0 Å². The van der Waals surface area contributed by atoms with Crippen molar-refractivity contribution >= 4 is 15.8 Å². The van der Waals surface area contributed by atoms with E-state index in [0.717, 1.165) is 23.6 Å². The molecule has 1 saturated heterocycles. The fourth-order valence-electron chi connectivity index (χ4n) is 2.69. The lowest BCUT2D eigenvalue weighted by Gasteiger charge is -2.34. The Morgan fingerprint density at radius 1 is 1.04 bits per heavy atom. The van der Waals surface area contributed by atoms with Crippen molar-refractivity contribution in [2.45, 2.75) is 11.8 Å². The topological polar surface area (TPSA) is 53.5 Å². The number of hydrogen-bond acceptors (Lipinski definition) is 4. The van der Waals surface area contributed by atoms with Crippen LogP contribution in [0, 0.1) is 18.6 Å². The van der Waals surface area contributed by atoms with Gasteiger partial charge < -0.3 is 4.90 Å². The van der Waals surface area contributed by atoms with E-state index in [-0.39, 0.29) is 13.1 Å². The van der Waals surface area contributed by atoms with Gasteiger partial charge in [0, 0.05) is 37.9 Å². The van der Waals surface area contributed by atoms with Crippen LogP contribution in [0.1, 0.15) is 5.69 Å². The number of anilines is 1. The van der Waals surface area contributed by atoms with Gasteiger partial charge in [0.25, 0.3) is 0 Å². The third-order valence-corrected chi connectivity index (χ3v) is 5.88. The maximum atomic E-state index is 13.8. The van der Waals surface area contributed by atoms with E-state index in [1.165, 1.54) is 4.31 Å². The molecule has 0 atom stereocenters. The highest BCUT2D eigenvalue weighted by molar-refractivity contribution is 7.89. The number of benzene rings is 1. The Bertz CT molecular complexity index is 850. The Morgan fingerprint density at radius 2 is 1.75 bits per heavy atom. The van der Waals surface area contributed by atoms with Crippen LogP contribution in [0.4, 0.5) is 14.6 Å². The third kappa shape index (κ3) is 3.25. The van der Waals surface area contributed by atoms with Gasteiger partial charge in [0.05, 0.1) is 0 Å². The Hall–Kier alpha value is -2.06. The number of aromatic nitrogens is 1. The molecule has 2 aromatic rings. The van der Waals surface area contributed by atoms with E-state index < -0.39 is 26.6 Å². The quantitative estimate of drug-likeness (QED) is 0.849. The Balaban J connectivity index is 1.76. The minimum Gasteiger partial charge on any atom is -0.354 e. The summed E-state index contributed by atoms with van der Waals surface area (Å²) in [6.45, 7) is 3.24. The number of rotatable bonds is 3. The van der Waals surface area contributed by atoms with Gasteiger partial charge in [-0.2, -0.15) is 4.31 Å². The number of aryl methyl sites for hydroxylation is 1. The van der Waals surface area contributed by atoms with Crippen LogP contribution in [0.15, 0.2) is 41.3 Å². The molecule has 24 heavy (non-hydrogen) atoms. The van der Waals surface area contributed by atoms with Gasteiger partial charge in [0.15, 0.2) is 0 Å². The average Bonchev–Trinajstić information content (AvgIpc) is 2.54. The van der Waals surface area contributed by atoms with Gasteiger partial charge in [0.1, 0.15) is 22.3 Å². The minimum atomic E-state index is -3.98. The highest BCUT2D eigenvalue weighted by Crippen LogP contribution is 2.22. The summed E-state index contributed by atoms with van der Waals surface area (Å²) in [5.74, 6) is -1.08. The van der Waals surface area contributed by atoms with Gasteiger partial charge in [0.2, 0.25) is 10.0 Å². The summed E-state index contributed by atoms with van der Waals surface area (Å²) in [5, 5.41) is 0. The first-order valence-electron chi connectivity index (χ1n) is 7.52. The zero-order chi connectivity index (χ0) is 17.3. The van der Waals surface area contributed by atoms with Crippen molar-refractivity contribution in [2.24, 2.45) is 0 Å². The number of piperazine rings is 1. The summed E-state index contributed by atoms with van der Waals surface area (Å²) >= 11 is 0. The largest absolute Gasteiger partial charge is 0.354 e. The fraction of sp³-hybridized carbons (Fsp3) is 0.312. The van der Waals surface area contributed by atoms with Crippen LogP contribution >= 0.6 is 0 Å². The lowest BCUT2D eigenvalue weighted by atomic mass is 10.3. The van der Waals surface area contributed by atoms with Gasteiger partial charge in [-0.25, -0.2) is 22.2 Å². The molecule has 0 aliphatic carbocycles. The second-order valence-corrected chi connectivity index (χ2v) is 7.51. The fourth-order valence-corrected chi connectivity index (χ4v) is 4.15. The molecule has 5 nitrogen and oxygen atoms in total. The van der Waals surface area contributed by atoms with Crippen LogP contribution in [0.25, 0.3) is 0 Å². The Morgan fingerprint density at radius 3 is 2.38 bits per heavy atom. The second-order valence-electron chi connectivity index (χ2n) is 5.60. The first-order chi connectivity index (χ1) is 11.4. The smallest absolute Gasteiger partial charge is 0.246 e. The molecule has 128 valence electrons. The molecule has 8 heteroatoms. The summed E-state index contributed by atoms with van der Waals surface area (Å²) < 4.78 is 53.1. The summed E-state index contributed by atoms with van der Waals surface area (Å²) in [5.41, 5.74) is 0.885. The number of sulfonamides is 1. The molecule has 3 rings (SSSR count). The maximum Gasteiger partial charge on any atom is 0.246 e. The number of nitrogens with zero attached hydrogens (tertiary/aromatic N) is 3. The Labute approximate surface area is 139 Å². The SMILES string of the molecule is Cc1cccc(N2CCN(S(=O)(=O)c3ccc(F)cc3F)CC2)n1. The maximum absolute atomic E-state index is 13.8. The molecule has 0 spiro atoms. The molecule has 0 radical (unpaired) electrons. The normalized spacial score (nSPS) is 16.4. The van der Waals surface area contributed by atoms with E-state index in [1.807, 2.05) is 30.0 Å². The molecule has 1 aliphatic heterocycles. The molecule has 1 aliphatic rings. The predicted molar refractivity (Wildman–Crippen MR) is 86.3 cm³/mol. The number of halogens is 2. The molecule has 1 fully saturated rings. The van der Waals surface area contributed by atoms with Crippen molar-refractivity contribution in [2.75, 3.05) is 31.1 Å². The van der Waals surface area contributed by atoms with E-state index >= 15 is 0 Å². The summed E-state index contributed by atoms with van der Waals surface area (Å²) in [4.78, 5) is 5.91. The van der Waals surface area contributed by atoms with Crippen LogP contribution in [0.3, 0.4) is 0 Å². The summed E-state index contributed by atoms with van der Waals surface area (Å²) in [6.07, 6.45) is 0. The Kier molecular flexibility index (Phi) is 4.51. The monoisotopic (exact) mass is 353 g/mol. The molecule has 1 aromatic carbocycles. The van der Waals surface area contributed by atoms with Crippen molar-refractivity contribution in [1.82, 2.24) is 9.29 Å². The van der Waals surface area contributed by atoms with Crippen LogP contribution < -0.4 is 4.90 Å². The molecular weight excluding hydrogens is 336 g/mol. The first kappa shape index (κ1) is 16.8. The van der Waals surface area contributed by atoms with Crippen molar-refractivity contribution < 1.29 is 17.2 Å². The van der Waals surface area contributed by atoms with E-state index in [9.17, 15) is 17.2 Å². The van der Waals surface area contributed by atoms with Gasteiger partial charge in [-0.05, 0) is 31.2 Å². The molecule has 0 amide bonds. The molecule has 0 unspecified atom stereocenters. The van der Waals surface area contributed by atoms with Gasteiger partial charge in [-0.3, -0.25) is 0 Å². The average molecular weight is 353 g/mol. The minimum absolute atomic E-state index is 0.217. The zero-order valence-electron chi connectivity index (χ0n) is 13.1. The number of hydrogen-bond donors (Lipinski definition) is 0. The third-order valence-electron chi connectivity index (χ3n) is 3.95. The van der Waals surface area contributed by atoms with Crippen LogP contribution in [0.5, 0.6) is 0 Å². The standard InChI is InChI=1S/C16H17F2N3O2S/c1-12-3-2-4-16(19-12)20-7-9-21(10-8-20)24(22,23)15-6-5-13(17)11-14(15)18/h2-6,11H,7-10H2,1H3. The zero-order valence-corrected chi connectivity index (χ0v) is 13.9. The molecule has 0 N–H and O–H groups in total. The van der Waals surface area contributed by atoms with Crippen LogP contribution in [0.2, 0.25) is 0 Å². The van der Waals surface area contributed by atoms with E-state index in [0.29, 0.717) is 19.2 Å². The van der Waals surface area contributed by atoms with Crippen molar-refractivity contribution in [1.29, 1.82) is 0 Å². The van der Waals surface area contributed by atoms with Crippen LogP contribution in [-0.4, -0.2) is 43.9 Å². The van der Waals surface area contributed by atoms with E-state index in [1.54, 1.807) is 0 Å². The van der Waals surface area contributed by atoms with E-state index in [4.69, 9.17) is 0 Å². The number of pyridine rings is 1. The lowest BCUT2D eigenvalue weighted by Crippen LogP contribution is -2.49. The van der Waals surface area contributed by atoms with Crippen molar-refractivity contribution in [3.8, 4) is 0 Å². The highest BCUT2D eigenvalue weighted by Gasteiger charge is 2.31. The molecular formula is C16H17F2N3O2S. The molecule has 1 aromatic heterocycles. The van der Waals surface area contributed by atoms with Crippen molar-refractivity contribution in [3.63, 3.8) is 0 Å². The summed E-state index contributed by atoms with van der Waals surface area (Å²) in [7, 11) is -3.98.